The summed E-state index contributed by atoms with van der Waals surface area (Å²) in [7, 11) is 0. The summed E-state index contributed by atoms with van der Waals surface area (Å²) in [4.78, 5) is 17.5. The number of benzene rings is 1. The predicted molar refractivity (Wildman–Crippen MR) is 138 cm³/mol. The normalized spacial score (nSPS) is 36.4. The van der Waals surface area contributed by atoms with Gasteiger partial charge in [-0.05, 0) is 110 Å². The lowest BCUT2D eigenvalue weighted by Gasteiger charge is -2.57. The lowest BCUT2D eigenvalue weighted by molar-refractivity contribution is -0.125. The number of aliphatic hydroxyl groups is 1. The minimum atomic E-state index is -0.236. The van der Waals surface area contributed by atoms with Crippen molar-refractivity contribution in [3.8, 4) is 11.5 Å². The van der Waals surface area contributed by atoms with Crippen LogP contribution in [0.15, 0.2) is 35.0 Å². The maximum Gasteiger partial charge on any atom is 0.260 e. The minimum Gasteiger partial charge on any atom is -0.504 e. The monoisotopic (exact) mass is 496 g/mol. The van der Waals surface area contributed by atoms with Crippen molar-refractivity contribution in [2.45, 2.75) is 77.7 Å². The molecule has 6 atom stereocenters. The molecule has 0 unspecified atom stereocenters. The van der Waals surface area contributed by atoms with Gasteiger partial charge in [0, 0.05) is 6.54 Å². The zero-order valence-corrected chi connectivity index (χ0v) is 21.5. The number of allylic oxidation sites excluding steroid dienone is 2. The van der Waals surface area contributed by atoms with E-state index in [1.54, 1.807) is 6.07 Å². The third-order valence-corrected chi connectivity index (χ3v) is 10.1. The molecule has 5 rings (SSSR count). The van der Waals surface area contributed by atoms with E-state index in [2.05, 4.69) is 30.4 Å². The Balaban J connectivity index is 1.13. The van der Waals surface area contributed by atoms with Gasteiger partial charge < -0.3 is 25.5 Å². The number of carbonyl (C=O) groups excluding carboxylic acids is 1. The minimum absolute atomic E-state index is 0.111. The predicted octanol–water partition coefficient (Wildman–Crippen LogP) is 4.45. The van der Waals surface area contributed by atoms with Gasteiger partial charge in [-0.2, -0.15) is 0 Å². The van der Waals surface area contributed by atoms with Gasteiger partial charge in [0.15, 0.2) is 18.1 Å². The lowest BCUT2D eigenvalue weighted by Crippen LogP contribution is -2.51. The molecular weight excluding hydrogens is 456 g/mol. The zero-order chi connectivity index (χ0) is 25.5. The molecule has 7 nitrogen and oxygen atoms in total. The molecule has 0 radical (unpaired) electrons. The van der Waals surface area contributed by atoms with Crippen molar-refractivity contribution in [2.75, 3.05) is 13.2 Å². The lowest BCUT2D eigenvalue weighted by atomic mass is 9.47. The number of amides is 1. The molecule has 3 fully saturated rings. The smallest absolute Gasteiger partial charge is 0.260 e. The van der Waals surface area contributed by atoms with Gasteiger partial charge in [-0.15, -0.1) is 0 Å². The van der Waals surface area contributed by atoms with Crippen molar-refractivity contribution in [3.05, 3.63) is 35.4 Å². The first kappa shape index (κ1) is 25.1. The van der Waals surface area contributed by atoms with E-state index < -0.39 is 0 Å². The van der Waals surface area contributed by atoms with Crippen molar-refractivity contribution >= 4 is 11.6 Å². The molecule has 0 saturated heterocycles. The van der Waals surface area contributed by atoms with Crippen LogP contribution in [0.25, 0.3) is 0 Å². The summed E-state index contributed by atoms with van der Waals surface area (Å²) < 4.78 is 0. The molecule has 0 bridgehead atoms. The van der Waals surface area contributed by atoms with Crippen LogP contribution in [-0.4, -0.2) is 46.2 Å². The molecule has 1 aromatic rings. The Hall–Kier alpha value is -2.54. The number of phenolic OH excluding ortho intramolecular Hbond substituents is 2. The third-order valence-electron chi connectivity index (χ3n) is 10.1. The van der Waals surface area contributed by atoms with Crippen molar-refractivity contribution in [1.29, 1.82) is 0 Å². The second kappa shape index (κ2) is 9.73. The van der Waals surface area contributed by atoms with Crippen LogP contribution in [0.1, 0.15) is 70.8 Å². The summed E-state index contributed by atoms with van der Waals surface area (Å²) in [6.45, 7) is 5.06. The average Bonchev–Trinajstić information content (AvgIpc) is 3.16. The molecule has 196 valence electrons. The van der Waals surface area contributed by atoms with Gasteiger partial charge in [0.1, 0.15) is 0 Å². The Morgan fingerprint density at radius 1 is 1.08 bits per heavy atom. The molecule has 1 amide bonds. The molecule has 7 heteroatoms. The van der Waals surface area contributed by atoms with Gasteiger partial charge in [0.05, 0.1) is 11.8 Å². The Morgan fingerprint density at radius 3 is 2.72 bits per heavy atom. The number of rotatable bonds is 6. The second-order valence-corrected chi connectivity index (χ2v) is 11.9. The number of hydrogen-bond acceptors (Lipinski definition) is 6. The summed E-state index contributed by atoms with van der Waals surface area (Å²) in [6, 6.07) is 4.64. The molecule has 0 aromatic heterocycles. The summed E-state index contributed by atoms with van der Waals surface area (Å²) >= 11 is 0. The van der Waals surface area contributed by atoms with E-state index in [1.807, 2.05) is 0 Å². The Bertz CT molecular complexity index is 1070. The molecule has 1 aromatic carbocycles. The third kappa shape index (κ3) is 4.51. The number of phenols is 2. The number of nitrogens with one attached hydrogen (secondary N) is 1. The molecular formula is C29H40N2O5. The Kier molecular flexibility index (Phi) is 6.79. The van der Waals surface area contributed by atoms with Gasteiger partial charge in [0.2, 0.25) is 0 Å². The number of hydrogen-bond donors (Lipinski definition) is 4. The van der Waals surface area contributed by atoms with E-state index in [9.17, 15) is 20.1 Å². The highest BCUT2D eigenvalue weighted by molar-refractivity contribution is 5.96. The largest absolute Gasteiger partial charge is 0.504 e. The van der Waals surface area contributed by atoms with E-state index in [-0.39, 0.29) is 40.9 Å². The number of aliphatic hydroxyl groups excluding tert-OH is 1. The molecule has 36 heavy (non-hydrogen) atoms. The van der Waals surface area contributed by atoms with Crippen LogP contribution in [0.2, 0.25) is 0 Å². The number of nitrogens with zero attached hydrogens (tertiary/aromatic N) is 1. The maximum atomic E-state index is 12.1. The fraction of sp³-hybridized carbons (Fsp3) is 0.655. The van der Waals surface area contributed by atoms with Crippen LogP contribution in [0, 0.1) is 28.6 Å². The zero-order valence-electron chi connectivity index (χ0n) is 21.5. The van der Waals surface area contributed by atoms with Gasteiger partial charge >= 0.3 is 0 Å². The van der Waals surface area contributed by atoms with Crippen LogP contribution in [0.5, 0.6) is 11.5 Å². The number of fused-ring (bicyclic) bond motifs is 5. The second-order valence-electron chi connectivity index (χ2n) is 11.9. The van der Waals surface area contributed by atoms with Gasteiger partial charge in [0.25, 0.3) is 5.91 Å². The Morgan fingerprint density at radius 2 is 1.92 bits per heavy atom. The molecule has 4 aliphatic rings. The van der Waals surface area contributed by atoms with E-state index in [4.69, 9.17) is 4.84 Å². The highest BCUT2D eigenvalue weighted by atomic mass is 16.6. The average molecular weight is 497 g/mol. The van der Waals surface area contributed by atoms with Crippen molar-refractivity contribution < 1.29 is 25.0 Å². The van der Waals surface area contributed by atoms with Gasteiger partial charge in [-0.1, -0.05) is 30.6 Å². The van der Waals surface area contributed by atoms with E-state index >= 15 is 0 Å². The van der Waals surface area contributed by atoms with Gasteiger partial charge in [-0.3, -0.25) is 4.79 Å². The topological polar surface area (TPSA) is 111 Å². The molecule has 0 heterocycles. The van der Waals surface area contributed by atoms with E-state index in [0.29, 0.717) is 30.7 Å². The van der Waals surface area contributed by atoms with Crippen LogP contribution >= 0.6 is 0 Å². The molecule has 0 spiro atoms. The maximum absolute atomic E-state index is 12.1. The summed E-state index contributed by atoms with van der Waals surface area (Å²) in [5.41, 5.74) is 3.55. The van der Waals surface area contributed by atoms with Crippen LogP contribution in [-0.2, 0) is 16.1 Å². The van der Waals surface area contributed by atoms with Gasteiger partial charge in [-0.25, -0.2) is 0 Å². The summed E-state index contributed by atoms with van der Waals surface area (Å²) in [6.07, 6.45) is 11.3. The highest BCUT2D eigenvalue weighted by Crippen LogP contribution is 2.65. The number of carbonyl (C=O) groups is 1. The van der Waals surface area contributed by atoms with Crippen LogP contribution in [0.4, 0.5) is 0 Å². The fourth-order valence-electron chi connectivity index (χ4n) is 7.91. The van der Waals surface area contributed by atoms with Crippen molar-refractivity contribution in [1.82, 2.24) is 5.32 Å². The summed E-state index contributed by atoms with van der Waals surface area (Å²) in [5.74, 6) is 1.50. The fourth-order valence-corrected chi connectivity index (χ4v) is 7.91. The highest BCUT2D eigenvalue weighted by Gasteiger charge is 2.58. The van der Waals surface area contributed by atoms with Crippen LogP contribution in [0.3, 0.4) is 0 Å². The quantitative estimate of drug-likeness (QED) is 0.343. The first-order chi connectivity index (χ1) is 17.2. The van der Waals surface area contributed by atoms with Crippen molar-refractivity contribution in [3.63, 3.8) is 0 Å². The molecule has 4 N–H and O–H groups in total. The van der Waals surface area contributed by atoms with E-state index in [0.717, 1.165) is 43.4 Å². The first-order valence-corrected chi connectivity index (χ1v) is 13.6. The standard InChI is InChI=1S/C29H40N2O5/c1-28-12-9-20(31-36-17-27(35)30-14-11-18-3-7-24(32)25(33)15-18)16-19(28)4-5-21-22-6-8-26(34)29(22,2)13-10-23(21)28/h3,7,15-16,21-23,26,32-34H,4-6,8-14,17H2,1-2H3,(H,30,35)/t21-,22-,23-,26+,28+,29+/m1/s1. The molecule has 4 aliphatic carbocycles. The van der Waals surface area contributed by atoms with Crippen LogP contribution < -0.4 is 5.32 Å². The Labute approximate surface area is 213 Å². The first-order valence-electron chi connectivity index (χ1n) is 13.6. The van der Waals surface area contributed by atoms with E-state index in [1.165, 1.54) is 37.0 Å². The molecule has 3 saturated carbocycles. The summed E-state index contributed by atoms with van der Waals surface area (Å²) in [5, 5.41) is 36.7. The van der Waals surface area contributed by atoms with Crippen molar-refractivity contribution in [2.24, 2.45) is 33.7 Å². The number of aromatic hydroxyl groups is 2. The number of oxime groups is 1. The SMILES string of the molecule is C[C@]12CC[C@@H]3[C@H](CCC4=CC(=NOCC(=O)NCCc5ccc(O)c(O)c5)CC[C@@]43C)[C@H]1CC[C@@H]2O. The molecule has 0 aliphatic heterocycles.